The number of nitrogens with one attached hydrogen (secondary N) is 1. The molecule has 1 fully saturated rings. The average Bonchev–Trinajstić information content (AvgIpc) is 2.78. The number of hydrogen-bond donors (Lipinski definition) is 1. The van der Waals surface area contributed by atoms with Crippen molar-refractivity contribution in [3.05, 3.63) is 77.1 Å². The predicted octanol–water partition coefficient (Wildman–Crippen LogP) is 7.20. The van der Waals surface area contributed by atoms with Gasteiger partial charge in [0.15, 0.2) is 5.78 Å². The molecule has 180 valence electrons. The second-order valence-electron chi connectivity index (χ2n) is 10.6. The van der Waals surface area contributed by atoms with Crippen LogP contribution in [-0.2, 0) is 0 Å². The van der Waals surface area contributed by atoms with Crippen LogP contribution in [0.4, 0.5) is 0 Å². The fourth-order valence-electron chi connectivity index (χ4n) is 5.44. The van der Waals surface area contributed by atoms with E-state index < -0.39 is 0 Å². The summed E-state index contributed by atoms with van der Waals surface area (Å²) >= 11 is 6.53. The second kappa shape index (κ2) is 9.81. The van der Waals surface area contributed by atoms with Crippen LogP contribution in [-0.4, -0.2) is 21.8 Å². The predicted molar refractivity (Wildman–Crippen MR) is 139 cm³/mol. The maximum absolute atomic E-state index is 13.1. The first-order chi connectivity index (χ1) is 16.6. The number of rotatable bonds is 6. The van der Waals surface area contributed by atoms with E-state index in [1.165, 1.54) is 0 Å². The van der Waals surface area contributed by atoms with Crippen molar-refractivity contribution in [2.45, 2.75) is 58.0 Å². The fraction of sp³-hybridized carbons (Fsp3) is 0.345. The van der Waals surface area contributed by atoms with E-state index in [-0.39, 0.29) is 16.9 Å². The number of halogens is 1. The van der Waals surface area contributed by atoms with Gasteiger partial charge in [0.25, 0.3) is 0 Å². The minimum atomic E-state index is -0.00864. The zero-order valence-corrected chi connectivity index (χ0v) is 21.3. The summed E-state index contributed by atoms with van der Waals surface area (Å²) in [4.78, 5) is 17.1. The summed E-state index contributed by atoms with van der Waals surface area (Å²) in [6, 6.07) is 16.5. The van der Waals surface area contributed by atoms with Gasteiger partial charge < -0.3 is 10.1 Å². The SMILES string of the molecule is CC1(C)CC(CC(=O)c2ccc(Oc3cccc(-c4ccncc4)c3C#N)c(Cl)c2)CC(C)(C)N1. The van der Waals surface area contributed by atoms with Crippen LogP contribution >= 0.6 is 11.6 Å². The van der Waals surface area contributed by atoms with Crippen molar-refractivity contribution in [2.75, 3.05) is 0 Å². The van der Waals surface area contributed by atoms with Crippen molar-refractivity contribution in [3.8, 4) is 28.7 Å². The van der Waals surface area contributed by atoms with Crippen molar-refractivity contribution in [3.63, 3.8) is 0 Å². The number of benzene rings is 2. The van der Waals surface area contributed by atoms with E-state index in [2.05, 4.69) is 44.1 Å². The summed E-state index contributed by atoms with van der Waals surface area (Å²) in [5.41, 5.74) is 2.59. The molecule has 3 aromatic rings. The normalized spacial score (nSPS) is 16.9. The molecule has 1 saturated heterocycles. The van der Waals surface area contributed by atoms with Gasteiger partial charge in [0.05, 0.1) is 5.02 Å². The number of aromatic nitrogens is 1. The number of hydrogen-bond acceptors (Lipinski definition) is 5. The van der Waals surface area contributed by atoms with Gasteiger partial charge >= 0.3 is 0 Å². The Hall–Kier alpha value is -3.20. The molecule has 0 aliphatic carbocycles. The van der Waals surface area contributed by atoms with Crippen LogP contribution in [0.1, 0.15) is 62.9 Å². The molecular formula is C29H30ClN3O2. The molecule has 2 aromatic carbocycles. The molecule has 6 heteroatoms. The highest BCUT2D eigenvalue weighted by Gasteiger charge is 2.38. The molecule has 1 aromatic heterocycles. The third kappa shape index (κ3) is 5.90. The monoisotopic (exact) mass is 487 g/mol. The number of carbonyl (C=O) groups is 1. The Morgan fingerprint density at radius 2 is 1.77 bits per heavy atom. The van der Waals surface area contributed by atoms with Gasteiger partial charge in [0.1, 0.15) is 23.1 Å². The number of nitriles is 1. The van der Waals surface area contributed by atoms with Gasteiger partial charge in [-0.2, -0.15) is 5.26 Å². The number of piperidine rings is 1. The molecule has 0 radical (unpaired) electrons. The number of ether oxygens (including phenoxy) is 1. The summed E-state index contributed by atoms with van der Waals surface area (Å²) in [7, 11) is 0. The van der Waals surface area contributed by atoms with Crippen molar-refractivity contribution in [1.82, 2.24) is 10.3 Å². The Balaban J connectivity index is 1.53. The van der Waals surface area contributed by atoms with Gasteiger partial charge in [0, 0.05) is 41.0 Å². The summed E-state index contributed by atoms with van der Waals surface area (Å²) in [6.45, 7) is 8.75. The van der Waals surface area contributed by atoms with Crippen LogP contribution in [0.3, 0.4) is 0 Å². The van der Waals surface area contributed by atoms with E-state index >= 15 is 0 Å². The van der Waals surface area contributed by atoms with Crippen molar-refractivity contribution in [2.24, 2.45) is 5.92 Å². The lowest BCUT2D eigenvalue weighted by Crippen LogP contribution is -2.57. The highest BCUT2D eigenvalue weighted by atomic mass is 35.5. The molecule has 0 atom stereocenters. The Morgan fingerprint density at radius 3 is 2.40 bits per heavy atom. The third-order valence-corrected chi connectivity index (χ3v) is 6.65. The van der Waals surface area contributed by atoms with Gasteiger partial charge in [-0.15, -0.1) is 0 Å². The number of Topliss-reactive ketones (excluding diaryl/α,β-unsaturated/α-hetero) is 1. The first kappa shape index (κ1) is 24.9. The van der Waals surface area contributed by atoms with Gasteiger partial charge in [-0.05, 0) is 88.4 Å². The summed E-state index contributed by atoms with van der Waals surface area (Å²) < 4.78 is 6.04. The average molecular weight is 488 g/mol. The molecule has 35 heavy (non-hydrogen) atoms. The van der Waals surface area contributed by atoms with Crippen LogP contribution in [0, 0.1) is 17.2 Å². The maximum atomic E-state index is 13.1. The fourth-order valence-corrected chi connectivity index (χ4v) is 5.66. The Morgan fingerprint density at radius 1 is 1.09 bits per heavy atom. The largest absolute Gasteiger partial charge is 0.454 e. The highest BCUT2D eigenvalue weighted by Crippen LogP contribution is 2.38. The first-order valence-corrected chi connectivity index (χ1v) is 12.2. The third-order valence-electron chi connectivity index (χ3n) is 6.35. The molecule has 0 amide bonds. The lowest BCUT2D eigenvalue weighted by molar-refractivity contribution is 0.0864. The standard InChI is InChI=1S/C29H30ClN3O2/c1-28(2)16-19(17-29(3,4)33-28)14-25(34)21-8-9-27(24(30)15-21)35-26-7-5-6-22(23(26)18-31)20-10-12-32-13-11-20/h5-13,15,19,33H,14,16-17H2,1-4H3. The molecule has 1 aliphatic rings. The molecule has 1 N–H and O–H groups in total. The summed E-state index contributed by atoms with van der Waals surface area (Å²) in [5, 5.41) is 13.8. The Bertz CT molecular complexity index is 1260. The second-order valence-corrected chi connectivity index (χ2v) is 11.0. The number of carbonyl (C=O) groups excluding carboxylic acids is 1. The molecule has 0 unspecified atom stereocenters. The summed E-state index contributed by atoms with van der Waals surface area (Å²) in [5.74, 6) is 1.18. The molecule has 4 rings (SSSR count). The van der Waals surface area contributed by atoms with Gasteiger partial charge in [-0.3, -0.25) is 9.78 Å². The van der Waals surface area contributed by atoms with E-state index in [0.29, 0.717) is 40.0 Å². The maximum Gasteiger partial charge on any atom is 0.163 e. The van der Waals surface area contributed by atoms with E-state index in [1.807, 2.05) is 24.3 Å². The zero-order valence-electron chi connectivity index (χ0n) is 20.6. The van der Waals surface area contributed by atoms with Gasteiger partial charge in [0.2, 0.25) is 0 Å². The molecule has 5 nitrogen and oxygen atoms in total. The highest BCUT2D eigenvalue weighted by molar-refractivity contribution is 6.32. The number of pyridine rings is 1. The van der Waals surface area contributed by atoms with Gasteiger partial charge in [-0.1, -0.05) is 23.7 Å². The Kier molecular flexibility index (Phi) is 6.98. The topological polar surface area (TPSA) is 75.0 Å². The van der Waals surface area contributed by atoms with Crippen molar-refractivity contribution >= 4 is 17.4 Å². The molecular weight excluding hydrogens is 458 g/mol. The lowest BCUT2D eigenvalue weighted by Gasteiger charge is -2.46. The Labute approximate surface area is 212 Å². The van der Waals surface area contributed by atoms with Gasteiger partial charge in [-0.25, -0.2) is 0 Å². The van der Waals surface area contributed by atoms with E-state index in [1.54, 1.807) is 36.7 Å². The van der Waals surface area contributed by atoms with Crippen LogP contribution in [0.5, 0.6) is 11.5 Å². The number of ketones is 1. The molecule has 2 heterocycles. The molecule has 0 saturated carbocycles. The smallest absolute Gasteiger partial charge is 0.163 e. The van der Waals surface area contributed by atoms with Crippen molar-refractivity contribution < 1.29 is 9.53 Å². The molecule has 0 bridgehead atoms. The number of nitrogens with zero attached hydrogens (tertiary/aromatic N) is 2. The molecule has 1 aliphatic heterocycles. The summed E-state index contributed by atoms with van der Waals surface area (Å²) in [6.07, 6.45) is 5.74. The van der Waals surface area contributed by atoms with E-state index in [0.717, 1.165) is 24.0 Å². The minimum absolute atomic E-state index is 0.00864. The van der Waals surface area contributed by atoms with E-state index in [9.17, 15) is 10.1 Å². The van der Waals surface area contributed by atoms with E-state index in [4.69, 9.17) is 16.3 Å². The zero-order chi connectivity index (χ0) is 25.2. The van der Waals surface area contributed by atoms with Crippen LogP contribution in [0.25, 0.3) is 11.1 Å². The van der Waals surface area contributed by atoms with Crippen LogP contribution in [0.15, 0.2) is 60.9 Å². The first-order valence-electron chi connectivity index (χ1n) is 11.8. The van der Waals surface area contributed by atoms with Crippen molar-refractivity contribution in [1.29, 1.82) is 5.26 Å². The van der Waals surface area contributed by atoms with Crippen LogP contribution < -0.4 is 10.1 Å². The molecule has 0 spiro atoms. The minimum Gasteiger partial charge on any atom is -0.454 e. The quantitative estimate of drug-likeness (QED) is 0.372. The van der Waals surface area contributed by atoms with Crippen LogP contribution in [0.2, 0.25) is 5.02 Å². The lowest BCUT2D eigenvalue weighted by atomic mass is 9.74.